The van der Waals surface area contributed by atoms with E-state index in [0.717, 1.165) is 28.1 Å². The van der Waals surface area contributed by atoms with Crippen molar-refractivity contribution in [3.63, 3.8) is 0 Å². The van der Waals surface area contributed by atoms with Crippen molar-refractivity contribution < 1.29 is 4.42 Å². The molecule has 0 aliphatic heterocycles. The Morgan fingerprint density at radius 2 is 1.73 bits per heavy atom. The van der Waals surface area contributed by atoms with Gasteiger partial charge in [0.05, 0.1) is 27.7 Å². The minimum Gasteiger partial charge on any atom is -0.469 e. The van der Waals surface area contributed by atoms with Crippen molar-refractivity contribution in [3.05, 3.63) is 105 Å². The van der Waals surface area contributed by atoms with Crippen LogP contribution in [-0.2, 0) is 0 Å². The van der Waals surface area contributed by atoms with Crippen LogP contribution in [0.3, 0.4) is 0 Å². The largest absolute Gasteiger partial charge is 0.469 e. The summed E-state index contributed by atoms with van der Waals surface area (Å²) in [6.07, 6.45) is 5.39. The Bertz CT molecular complexity index is 1690. The number of thiazole rings is 1. The van der Waals surface area contributed by atoms with Crippen molar-refractivity contribution in [1.82, 2.24) is 24.4 Å². The van der Waals surface area contributed by atoms with Gasteiger partial charge >= 0.3 is 0 Å². The van der Waals surface area contributed by atoms with Crippen LogP contribution < -0.4 is 10.1 Å². The summed E-state index contributed by atoms with van der Waals surface area (Å²) in [6, 6.07) is 21.6. The summed E-state index contributed by atoms with van der Waals surface area (Å²) in [5.74, 6) is 1.20. The maximum absolute atomic E-state index is 13.1. The van der Waals surface area contributed by atoms with Crippen LogP contribution in [-0.4, -0.2) is 24.4 Å². The molecule has 0 amide bonds. The highest BCUT2D eigenvalue weighted by molar-refractivity contribution is 7.15. The Hall–Kier alpha value is -4.30. The van der Waals surface area contributed by atoms with E-state index in [9.17, 15) is 4.79 Å². The van der Waals surface area contributed by atoms with Gasteiger partial charge in [0.1, 0.15) is 5.76 Å². The minimum absolute atomic E-state index is 0.207. The molecule has 2 aromatic carbocycles. The Labute approximate surface area is 191 Å². The van der Waals surface area contributed by atoms with Crippen molar-refractivity contribution >= 4 is 22.4 Å². The van der Waals surface area contributed by atoms with Crippen LogP contribution in [0.5, 0.6) is 0 Å². The van der Waals surface area contributed by atoms with Gasteiger partial charge in [-0.2, -0.15) is 14.6 Å². The van der Waals surface area contributed by atoms with Gasteiger partial charge in [0, 0.05) is 17.3 Å². The maximum Gasteiger partial charge on any atom is 0.291 e. The molecule has 6 aromatic rings. The highest BCUT2D eigenvalue weighted by atomic mass is 32.1. The number of furan rings is 1. The number of rotatable bonds is 4. The predicted molar refractivity (Wildman–Crippen MR) is 127 cm³/mol. The zero-order valence-electron chi connectivity index (χ0n) is 17.5. The average molecular weight is 452 g/mol. The lowest BCUT2D eigenvalue weighted by Gasteiger charge is -2.00. The smallest absolute Gasteiger partial charge is 0.291 e. The van der Waals surface area contributed by atoms with E-state index >= 15 is 0 Å². The monoisotopic (exact) mass is 451 g/mol. The Morgan fingerprint density at radius 1 is 0.970 bits per heavy atom. The number of benzene rings is 2. The molecule has 6 rings (SSSR count). The summed E-state index contributed by atoms with van der Waals surface area (Å²) in [5, 5.41) is 9.23. The van der Waals surface area contributed by atoms with Crippen molar-refractivity contribution in [3.8, 4) is 28.3 Å². The van der Waals surface area contributed by atoms with Crippen LogP contribution in [0, 0.1) is 6.92 Å². The van der Waals surface area contributed by atoms with E-state index in [0.29, 0.717) is 21.1 Å². The normalized spacial score (nSPS) is 12.1. The molecule has 0 saturated carbocycles. The third-order valence-corrected chi connectivity index (χ3v) is 6.34. The molecule has 0 aliphatic rings. The molecule has 0 radical (unpaired) electrons. The second-order valence-electron chi connectivity index (χ2n) is 7.52. The molecule has 0 N–H and O–H groups in total. The summed E-state index contributed by atoms with van der Waals surface area (Å²) >= 11 is 1.31. The summed E-state index contributed by atoms with van der Waals surface area (Å²) in [5.41, 5.74) is 4.14. The number of aryl methyl sites for hydroxylation is 1. The Kier molecular flexibility index (Phi) is 4.51. The first-order valence-electron chi connectivity index (χ1n) is 10.3. The quantitative estimate of drug-likeness (QED) is 0.403. The molecule has 0 bridgehead atoms. The van der Waals surface area contributed by atoms with E-state index < -0.39 is 0 Å². The summed E-state index contributed by atoms with van der Waals surface area (Å²) in [6.45, 7) is 1.84. The predicted octanol–water partition coefficient (Wildman–Crippen LogP) is 4.12. The summed E-state index contributed by atoms with van der Waals surface area (Å²) in [7, 11) is 0. The van der Waals surface area contributed by atoms with Crippen LogP contribution in [0.4, 0.5) is 0 Å². The summed E-state index contributed by atoms with van der Waals surface area (Å²) in [4.78, 5) is 18.2. The van der Waals surface area contributed by atoms with E-state index in [1.165, 1.54) is 15.9 Å². The van der Waals surface area contributed by atoms with E-state index in [4.69, 9.17) is 9.52 Å². The maximum atomic E-state index is 13.1. The third kappa shape index (κ3) is 3.37. The van der Waals surface area contributed by atoms with Crippen molar-refractivity contribution in [2.45, 2.75) is 6.92 Å². The van der Waals surface area contributed by atoms with Gasteiger partial charge < -0.3 is 4.42 Å². The van der Waals surface area contributed by atoms with Crippen molar-refractivity contribution in [1.29, 1.82) is 0 Å². The molecule has 4 aromatic heterocycles. The molecule has 0 aliphatic carbocycles. The number of hydrogen-bond donors (Lipinski definition) is 0. The Balaban J connectivity index is 1.50. The zero-order chi connectivity index (χ0) is 22.4. The van der Waals surface area contributed by atoms with Gasteiger partial charge in [-0.25, -0.2) is 4.68 Å². The molecular formula is C25H17N5O2S. The lowest BCUT2D eigenvalue weighted by Crippen LogP contribution is -2.23. The number of hydrogen-bond acceptors (Lipinski definition) is 6. The van der Waals surface area contributed by atoms with E-state index in [1.54, 1.807) is 12.3 Å². The van der Waals surface area contributed by atoms with Gasteiger partial charge in [-0.15, -0.1) is 5.10 Å². The highest BCUT2D eigenvalue weighted by Gasteiger charge is 2.16. The van der Waals surface area contributed by atoms with Gasteiger partial charge in [0.25, 0.3) is 5.56 Å². The van der Waals surface area contributed by atoms with E-state index in [1.807, 2.05) is 84.5 Å². The van der Waals surface area contributed by atoms with Crippen molar-refractivity contribution in [2.75, 3.05) is 0 Å². The second-order valence-corrected chi connectivity index (χ2v) is 8.52. The second kappa shape index (κ2) is 7.68. The first-order valence-corrected chi connectivity index (χ1v) is 11.2. The fourth-order valence-electron chi connectivity index (χ4n) is 3.73. The molecule has 0 saturated heterocycles. The molecule has 4 heterocycles. The van der Waals surface area contributed by atoms with Crippen LogP contribution >= 0.6 is 11.3 Å². The third-order valence-electron chi connectivity index (χ3n) is 5.38. The lowest BCUT2D eigenvalue weighted by molar-refractivity contribution is 0.535. The number of para-hydroxylation sites is 1. The molecule has 33 heavy (non-hydrogen) atoms. The Morgan fingerprint density at radius 3 is 2.42 bits per heavy atom. The van der Waals surface area contributed by atoms with E-state index in [-0.39, 0.29) is 5.56 Å². The van der Waals surface area contributed by atoms with Crippen LogP contribution in [0.15, 0.2) is 88.4 Å². The van der Waals surface area contributed by atoms with Crippen LogP contribution in [0.2, 0.25) is 0 Å². The van der Waals surface area contributed by atoms with Gasteiger partial charge in [-0.05, 0) is 31.2 Å². The number of aromatic nitrogens is 5. The first kappa shape index (κ1) is 19.4. The highest BCUT2D eigenvalue weighted by Crippen LogP contribution is 2.25. The molecular weight excluding hydrogens is 434 g/mol. The number of nitrogens with zero attached hydrogens (tertiary/aromatic N) is 5. The van der Waals surface area contributed by atoms with Crippen LogP contribution in [0.1, 0.15) is 11.3 Å². The zero-order valence-corrected chi connectivity index (χ0v) is 18.4. The first-order chi connectivity index (χ1) is 16.2. The fraction of sp³-hybridized carbons (Fsp3) is 0.0400. The van der Waals surface area contributed by atoms with Crippen molar-refractivity contribution in [2.24, 2.45) is 0 Å². The van der Waals surface area contributed by atoms with Gasteiger partial charge in [-0.1, -0.05) is 59.9 Å². The fourth-order valence-corrected chi connectivity index (χ4v) is 4.63. The van der Waals surface area contributed by atoms with E-state index in [2.05, 4.69) is 10.1 Å². The minimum atomic E-state index is -0.207. The van der Waals surface area contributed by atoms with Crippen LogP contribution in [0.25, 0.3) is 39.4 Å². The molecule has 0 fully saturated rings. The van der Waals surface area contributed by atoms with Gasteiger partial charge in [0.15, 0.2) is 5.82 Å². The standard InChI is InChI=1S/C25H17N5O2S/c1-16-20(12-13-32-16)23-26-25-30(28-23)24(31)21(33-25)14-18-15-29(19-10-6-3-7-11-19)27-22(18)17-8-4-2-5-9-17/h2-15H,1H3/b21-14-. The molecule has 0 unspecified atom stereocenters. The van der Waals surface area contributed by atoms with Gasteiger partial charge in [0.2, 0.25) is 4.96 Å². The molecule has 0 atom stereocenters. The topological polar surface area (TPSA) is 78.2 Å². The summed E-state index contributed by atoms with van der Waals surface area (Å²) < 4.78 is 9.06. The molecule has 8 heteroatoms. The van der Waals surface area contributed by atoms with Gasteiger partial charge in [-0.3, -0.25) is 4.79 Å². The lowest BCUT2D eigenvalue weighted by atomic mass is 10.1. The molecule has 160 valence electrons. The SMILES string of the molecule is Cc1occc1-c1nc2s/c(=C\c3cn(-c4ccccc4)nc3-c3ccccc3)c(=O)n2n1. The number of fused-ring (bicyclic) bond motifs is 1. The molecule has 7 nitrogen and oxygen atoms in total. The average Bonchev–Trinajstić information content (AvgIpc) is 3.61. The molecule has 0 spiro atoms.